The Morgan fingerprint density at radius 1 is 1.32 bits per heavy atom. The summed E-state index contributed by atoms with van der Waals surface area (Å²) in [5.74, 6) is 0.0219. The Labute approximate surface area is 125 Å². The third kappa shape index (κ3) is 4.20. The number of hydrogen-bond acceptors (Lipinski definition) is 3. The maximum Gasteiger partial charge on any atom is 0.240 e. The van der Waals surface area contributed by atoms with Crippen LogP contribution in [-0.2, 0) is 17.8 Å². The highest BCUT2D eigenvalue weighted by Gasteiger charge is 2.34. The van der Waals surface area contributed by atoms with Gasteiger partial charge in [-0.15, -0.1) is 23.7 Å². The molecule has 0 unspecified atom stereocenters. The number of carbonyl (C=O) groups is 1. The molecule has 3 N–H and O–H groups in total. The topological polar surface area (TPSA) is 55.1 Å². The number of amides is 1. The van der Waals surface area contributed by atoms with E-state index < -0.39 is 5.54 Å². The molecule has 1 amide bonds. The van der Waals surface area contributed by atoms with E-state index in [-0.39, 0.29) is 18.3 Å². The molecule has 1 aromatic rings. The molecule has 108 valence electrons. The van der Waals surface area contributed by atoms with Gasteiger partial charge >= 0.3 is 0 Å². The maximum absolute atomic E-state index is 12.1. The summed E-state index contributed by atoms with van der Waals surface area (Å²) in [6.45, 7) is 2.76. The van der Waals surface area contributed by atoms with Crippen LogP contribution in [0.15, 0.2) is 12.1 Å². The molecular formula is C14H23ClN2OS. The van der Waals surface area contributed by atoms with Crippen LogP contribution in [-0.4, -0.2) is 11.4 Å². The smallest absolute Gasteiger partial charge is 0.240 e. The molecule has 1 aromatic heterocycles. The van der Waals surface area contributed by atoms with Gasteiger partial charge < -0.3 is 11.1 Å². The zero-order valence-corrected chi connectivity index (χ0v) is 13.0. The second-order valence-electron chi connectivity index (χ2n) is 5.12. The summed E-state index contributed by atoms with van der Waals surface area (Å²) in [6.07, 6.45) is 6.05. The minimum atomic E-state index is -0.622. The van der Waals surface area contributed by atoms with Crippen molar-refractivity contribution >= 4 is 29.7 Å². The molecule has 1 fully saturated rings. The average molecular weight is 303 g/mol. The highest BCUT2D eigenvalue weighted by Crippen LogP contribution is 2.26. The largest absolute Gasteiger partial charge is 0.350 e. The lowest BCUT2D eigenvalue weighted by Gasteiger charge is -2.31. The van der Waals surface area contributed by atoms with E-state index in [4.69, 9.17) is 5.73 Å². The number of halogens is 1. The van der Waals surface area contributed by atoms with Crippen molar-refractivity contribution in [3.63, 3.8) is 0 Å². The molecule has 0 spiro atoms. The molecule has 1 aliphatic carbocycles. The van der Waals surface area contributed by atoms with Crippen molar-refractivity contribution in [1.29, 1.82) is 0 Å². The zero-order chi connectivity index (χ0) is 13.0. The Morgan fingerprint density at radius 3 is 2.53 bits per heavy atom. The Hall–Kier alpha value is -0.580. The fourth-order valence-electron chi connectivity index (χ4n) is 2.46. The molecule has 19 heavy (non-hydrogen) atoms. The Morgan fingerprint density at radius 2 is 1.95 bits per heavy atom. The molecule has 0 aliphatic heterocycles. The molecule has 0 aromatic carbocycles. The molecule has 2 rings (SSSR count). The number of hydrogen-bond donors (Lipinski definition) is 2. The lowest BCUT2D eigenvalue weighted by atomic mass is 9.82. The van der Waals surface area contributed by atoms with Gasteiger partial charge in [-0.25, -0.2) is 0 Å². The Bertz CT molecular complexity index is 413. The van der Waals surface area contributed by atoms with Crippen LogP contribution in [0.25, 0.3) is 0 Å². The third-order valence-corrected chi connectivity index (χ3v) is 4.92. The second-order valence-corrected chi connectivity index (χ2v) is 6.37. The van der Waals surface area contributed by atoms with Gasteiger partial charge in [-0.3, -0.25) is 4.79 Å². The first-order valence-corrected chi connectivity index (χ1v) is 7.60. The highest BCUT2D eigenvalue weighted by atomic mass is 35.5. The van der Waals surface area contributed by atoms with Crippen LogP contribution in [0.4, 0.5) is 0 Å². The first kappa shape index (κ1) is 16.5. The number of carbonyl (C=O) groups excluding carboxylic acids is 1. The van der Waals surface area contributed by atoms with Gasteiger partial charge in [0.15, 0.2) is 0 Å². The van der Waals surface area contributed by atoms with Crippen LogP contribution < -0.4 is 11.1 Å². The third-order valence-electron chi connectivity index (χ3n) is 3.69. The predicted octanol–water partition coefficient (Wildman–Crippen LogP) is 3.01. The molecule has 0 bridgehead atoms. The van der Waals surface area contributed by atoms with E-state index in [2.05, 4.69) is 24.4 Å². The van der Waals surface area contributed by atoms with Gasteiger partial charge in [0.1, 0.15) is 0 Å². The summed E-state index contributed by atoms with van der Waals surface area (Å²) in [6, 6.07) is 4.22. The molecule has 5 heteroatoms. The van der Waals surface area contributed by atoms with Gasteiger partial charge in [0.25, 0.3) is 0 Å². The van der Waals surface area contributed by atoms with Crippen molar-refractivity contribution in [2.75, 3.05) is 0 Å². The fraction of sp³-hybridized carbons (Fsp3) is 0.643. The number of aryl methyl sites for hydroxylation is 1. The standard InChI is InChI=1S/C14H22N2OS.ClH/c1-2-11-6-7-12(18-11)10-16-13(17)14(15)8-4-3-5-9-14;/h6-7H,2-5,8-10,15H2,1H3,(H,16,17);1H. The molecule has 3 nitrogen and oxygen atoms in total. The van der Waals surface area contributed by atoms with Crippen molar-refractivity contribution in [2.24, 2.45) is 5.73 Å². The number of nitrogens with two attached hydrogens (primary N) is 1. The molecule has 1 saturated carbocycles. The van der Waals surface area contributed by atoms with E-state index in [0.717, 1.165) is 32.1 Å². The summed E-state index contributed by atoms with van der Waals surface area (Å²) in [5, 5.41) is 2.99. The lowest BCUT2D eigenvalue weighted by Crippen LogP contribution is -2.54. The Kier molecular flexibility index (Phi) is 6.30. The first-order valence-electron chi connectivity index (χ1n) is 6.79. The van der Waals surface area contributed by atoms with Crippen molar-refractivity contribution in [3.05, 3.63) is 21.9 Å². The fourth-order valence-corrected chi connectivity index (χ4v) is 3.36. The first-order chi connectivity index (χ1) is 8.64. The Balaban J connectivity index is 0.00000180. The quantitative estimate of drug-likeness (QED) is 0.898. The van der Waals surface area contributed by atoms with Gasteiger partial charge in [-0.2, -0.15) is 0 Å². The van der Waals surface area contributed by atoms with E-state index in [9.17, 15) is 4.79 Å². The normalized spacial score (nSPS) is 17.6. The van der Waals surface area contributed by atoms with E-state index in [1.807, 2.05) is 0 Å². The molecule has 0 atom stereocenters. The van der Waals surface area contributed by atoms with E-state index in [1.165, 1.54) is 16.2 Å². The van der Waals surface area contributed by atoms with Crippen molar-refractivity contribution in [3.8, 4) is 0 Å². The van der Waals surface area contributed by atoms with Crippen LogP contribution in [0, 0.1) is 0 Å². The molecule has 0 radical (unpaired) electrons. The zero-order valence-electron chi connectivity index (χ0n) is 11.4. The molecule has 0 saturated heterocycles. The van der Waals surface area contributed by atoms with Crippen LogP contribution in [0.5, 0.6) is 0 Å². The highest BCUT2D eigenvalue weighted by molar-refractivity contribution is 7.11. The number of thiophene rings is 1. The van der Waals surface area contributed by atoms with Crippen LogP contribution in [0.3, 0.4) is 0 Å². The van der Waals surface area contributed by atoms with Gasteiger partial charge in [0.05, 0.1) is 12.1 Å². The van der Waals surface area contributed by atoms with Crippen molar-refractivity contribution in [2.45, 2.75) is 57.5 Å². The van der Waals surface area contributed by atoms with Gasteiger partial charge in [0.2, 0.25) is 5.91 Å². The SMILES string of the molecule is CCc1ccc(CNC(=O)C2(N)CCCCC2)s1.Cl. The number of rotatable bonds is 4. The number of nitrogens with one attached hydrogen (secondary N) is 1. The molecule has 1 aliphatic rings. The van der Waals surface area contributed by atoms with E-state index in [1.54, 1.807) is 11.3 Å². The summed E-state index contributed by atoms with van der Waals surface area (Å²) in [7, 11) is 0. The van der Waals surface area contributed by atoms with Crippen LogP contribution in [0.2, 0.25) is 0 Å². The minimum absolute atomic E-state index is 0. The monoisotopic (exact) mass is 302 g/mol. The summed E-state index contributed by atoms with van der Waals surface area (Å²) >= 11 is 1.76. The average Bonchev–Trinajstić information content (AvgIpc) is 2.84. The van der Waals surface area contributed by atoms with Crippen LogP contribution >= 0.6 is 23.7 Å². The van der Waals surface area contributed by atoms with E-state index in [0.29, 0.717) is 6.54 Å². The molecular weight excluding hydrogens is 280 g/mol. The minimum Gasteiger partial charge on any atom is -0.350 e. The van der Waals surface area contributed by atoms with E-state index >= 15 is 0 Å². The second kappa shape index (κ2) is 7.27. The summed E-state index contributed by atoms with van der Waals surface area (Å²) in [4.78, 5) is 14.7. The maximum atomic E-state index is 12.1. The molecule has 1 heterocycles. The van der Waals surface area contributed by atoms with Crippen molar-refractivity contribution < 1.29 is 4.79 Å². The predicted molar refractivity (Wildman–Crippen MR) is 82.8 cm³/mol. The summed E-state index contributed by atoms with van der Waals surface area (Å²) < 4.78 is 0. The van der Waals surface area contributed by atoms with Crippen LogP contribution in [0.1, 0.15) is 48.8 Å². The van der Waals surface area contributed by atoms with Gasteiger partial charge in [-0.1, -0.05) is 26.2 Å². The summed E-state index contributed by atoms with van der Waals surface area (Å²) in [5.41, 5.74) is 5.57. The lowest BCUT2D eigenvalue weighted by molar-refractivity contribution is -0.127. The van der Waals surface area contributed by atoms with Gasteiger partial charge in [0, 0.05) is 9.75 Å². The van der Waals surface area contributed by atoms with Crippen molar-refractivity contribution in [1.82, 2.24) is 5.32 Å². The van der Waals surface area contributed by atoms with Gasteiger partial charge in [-0.05, 0) is 31.4 Å².